The highest BCUT2D eigenvalue weighted by Gasteiger charge is 2.33. The highest BCUT2D eigenvalue weighted by Crippen LogP contribution is 2.10. The van der Waals surface area contributed by atoms with Gasteiger partial charge in [0, 0.05) is 0 Å². The third-order valence-corrected chi connectivity index (χ3v) is 2.85. The van der Waals surface area contributed by atoms with Crippen LogP contribution in [0.5, 0.6) is 5.75 Å². The molecule has 1 fully saturated rings. The first kappa shape index (κ1) is 13.1. The first-order valence-corrected chi connectivity index (χ1v) is 5.89. The summed E-state index contributed by atoms with van der Waals surface area (Å²) >= 11 is 0. The van der Waals surface area contributed by atoms with Gasteiger partial charge in [-0.05, 0) is 19.1 Å². The molecular weight excluding hydrogens is 248 g/mol. The molecule has 0 aliphatic carbocycles. The molecule has 1 aromatic carbocycles. The van der Waals surface area contributed by atoms with Crippen molar-refractivity contribution in [1.82, 2.24) is 10.2 Å². The summed E-state index contributed by atoms with van der Waals surface area (Å²) in [6.45, 7) is 1.25. The Morgan fingerprint density at radius 2 is 2.05 bits per heavy atom. The molecule has 100 valence electrons. The monoisotopic (exact) mass is 262 g/mol. The third kappa shape index (κ3) is 3.09. The average Bonchev–Trinajstić information content (AvgIpc) is 2.41. The second kappa shape index (κ2) is 5.51. The first-order valence-electron chi connectivity index (χ1n) is 5.89. The number of benzene rings is 1. The molecule has 0 aromatic heterocycles. The summed E-state index contributed by atoms with van der Waals surface area (Å²) in [6, 6.07) is 8.21. The van der Waals surface area contributed by atoms with Gasteiger partial charge in [-0.3, -0.25) is 19.7 Å². The molecule has 1 saturated heterocycles. The van der Waals surface area contributed by atoms with E-state index >= 15 is 0 Å². The largest absolute Gasteiger partial charge is 0.484 e. The summed E-state index contributed by atoms with van der Waals surface area (Å²) in [6.07, 6.45) is 0. The Hall–Kier alpha value is -2.37. The summed E-state index contributed by atoms with van der Waals surface area (Å²) < 4.78 is 5.31. The zero-order valence-electron chi connectivity index (χ0n) is 10.5. The number of piperazine rings is 1. The van der Waals surface area contributed by atoms with Crippen molar-refractivity contribution in [3.63, 3.8) is 0 Å². The molecule has 0 saturated carbocycles. The quantitative estimate of drug-likeness (QED) is 0.774. The van der Waals surface area contributed by atoms with Gasteiger partial charge in [-0.25, -0.2) is 0 Å². The van der Waals surface area contributed by atoms with Gasteiger partial charge < -0.3 is 9.64 Å². The highest BCUT2D eigenvalue weighted by atomic mass is 16.5. The van der Waals surface area contributed by atoms with Gasteiger partial charge in [0.1, 0.15) is 18.3 Å². The molecule has 1 heterocycles. The molecule has 3 amide bonds. The molecule has 1 atom stereocenters. The van der Waals surface area contributed by atoms with E-state index in [0.29, 0.717) is 5.75 Å². The predicted molar refractivity (Wildman–Crippen MR) is 66.3 cm³/mol. The van der Waals surface area contributed by atoms with Crippen molar-refractivity contribution >= 4 is 17.7 Å². The maximum absolute atomic E-state index is 11.9. The summed E-state index contributed by atoms with van der Waals surface area (Å²) in [5.74, 6) is -0.767. The van der Waals surface area contributed by atoms with Crippen LogP contribution in [0, 0.1) is 0 Å². The lowest BCUT2D eigenvalue weighted by Gasteiger charge is -2.31. The number of ether oxygens (including phenoxy) is 1. The fraction of sp³-hybridized carbons (Fsp3) is 0.308. The van der Waals surface area contributed by atoms with Crippen LogP contribution in [0.3, 0.4) is 0 Å². The van der Waals surface area contributed by atoms with Crippen LogP contribution in [0.25, 0.3) is 0 Å². The van der Waals surface area contributed by atoms with Crippen LogP contribution in [-0.2, 0) is 14.4 Å². The number of hydrogen-bond donors (Lipinski definition) is 1. The lowest BCUT2D eigenvalue weighted by atomic mass is 10.2. The van der Waals surface area contributed by atoms with E-state index < -0.39 is 17.9 Å². The number of carbonyl (C=O) groups excluding carboxylic acids is 3. The maximum Gasteiger partial charge on any atom is 0.261 e. The van der Waals surface area contributed by atoms with E-state index in [2.05, 4.69) is 5.32 Å². The van der Waals surface area contributed by atoms with E-state index in [1.165, 1.54) is 4.90 Å². The van der Waals surface area contributed by atoms with Crippen LogP contribution in [0.2, 0.25) is 0 Å². The Morgan fingerprint density at radius 1 is 1.37 bits per heavy atom. The predicted octanol–water partition coefficient (Wildman–Crippen LogP) is -0.0611. The number of nitrogens with one attached hydrogen (secondary N) is 1. The molecule has 19 heavy (non-hydrogen) atoms. The van der Waals surface area contributed by atoms with Crippen molar-refractivity contribution in [2.24, 2.45) is 0 Å². The van der Waals surface area contributed by atoms with Gasteiger partial charge in [0.25, 0.3) is 5.91 Å². The molecule has 1 aliphatic heterocycles. The number of imide groups is 1. The van der Waals surface area contributed by atoms with Gasteiger partial charge in [-0.2, -0.15) is 0 Å². The number of amides is 3. The zero-order chi connectivity index (χ0) is 13.8. The number of rotatable bonds is 3. The number of carbonyl (C=O) groups is 3. The van der Waals surface area contributed by atoms with E-state index in [1.807, 2.05) is 6.07 Å². The normalized spacial score (nSPS) is 19.0. The van der Waals surface area contributed by atoms with Gasteiger partial charge in [-0.15, -0.1) is 0 Å². The van der Waals surface area contributed by atoms with Crippen molar-refractivity contribution < 1.29 is 19.1 Å². The highest BCUT2D eigenvalue weighted by molar-refractivity contribution is 6.04. The number of para-hydroxylation sites is 1. The van der Waals surface area contributed by atoms with Crippen molar-refractivity contribution in [3.8, 4) is 5.75 Å². The van der Waals surface area contributed by atoms with Crippen LogP contribution in [0.1, 0.15) is 6.92 Å². The van der Waals surface area contributed by atoms with Crippen LogP contribution in [-0.4, -0.2) is 41.8 Å². The van der Waals surface area contributed by atoms with Crippen LogP contribution >= 0.6 is 0 Å². The maximum atomic E-state index is 11.9. The molecule has 0 bridgehead atoms. The van der Waals surface area contributed by atoms with Crippen LogP contribution < -0.4 is 10.1 Å². The zero-order valence-corrected chi connectivity index (χ0v) is 10.5. The van der Waals surface area contributed by atoms with E-state index in [4.69, 9.17) is 4.74 Å². The van der Waals surface area contributed by atoms with Gasteiger partial charge in [0.15, 0.2) is 6.61 Å². The van der Waals surface area contributed by atoms with E-state index in [1.54, 1.807) is 31.2 Å². The minimum atomic E-state index is -0.662. The lowest BCUT2D eigenvalue weighted by molar-refractivity contribution is -0.150. The van der Waals surface area contributed by atoms with Crippen molar-refractivity contribution in [2.75, 3.05) is 13.2 Å². The molecule has 1 unspecified atom stereocenters. The van der Waals surface area contributed by atoms with Crippen LogP contribution in [0.4, 0.5) is 0 Å². The second-order valence-electron chi connectivity index (χ2n) is 4.21. The minimum absolute atomic E-state index is 0.121. The van der Waals surface area contributed by atoms with Crippen molar-refractivity contribution in [2.45, 2.75) is 13.0 Å². The molecule has 1 N–H and O–H groups in total. The topological polar surface area (TPSA) is 75.7 Å². The first-order chi connectivity index (χ1) is 9.08. The van der Waals surface area contributed by atoms with Gasteiger partial charge >= 0.3 is 0 Å². The number of hydrogen-bond acceptors (Lipinski definition) is 4. The second-order valence-corrected chi connectivity index (χ2v) is 4.21. The van der Waals surface area contributed by atoms with Crippen molar-refractivity contribution in [1.29, 1.82) is 0 Å². The Kier molecular flexibility index (Phi) is 3.79. The molecule has 6 nitrogen and oxygen atoms in total. The summed E-state index contributed by atoms with van der Waals surface area (Å²) in [7, 11) is 0. The molecule has 0 radical (unpaired) electrons. The smallest absolute Gasteiger partial charge is 0.261 e. The fourth-order valence-corrected chi connectivity index (χ4v) is 1.76. The minimum Gasteiger partial charge on any atom is -0.484 e. The Morgan fingerprint density at radius 3 is 2.74 bits per heavy atom. The van der Waals surface area contributed by atoms with Gasteiger partial charge in [0.05, 0.1) is 0 Å². The fourth-order valence-electron chi connectivity index (χ4n) is 1.76. The summed E-state index contributed by atoms with van der Waals surface area (Å²) in [4.78, 5) is 35.8. The molecular formula is C13H14N2O4. The molecule has 6 heteroatoms. The third-order valence-electron chi connectivity index (χ3n) is 2.85. The molecule has 2 rings (SSSR count). The SMILES string of the molecule is CC1C(=O)NC(=O)CN1C(=O)COc1ccccc1. The Bertz CT molecular complexity index is 501. The molecule has 1 aromatic rings. The Labute approximate surface area is 110 Å². The van der Waals surface area contributed by atoms with Gasteiger partial charge in [-0.1, -0.05) is 18.2 Å². The van der Waals surface area contributed by atoms with E-state index in [9.17, 15) is 14.4 Å². The Balaban J connectivity index is 1.95. The molecule has 1 aliphatic rings. The van der Waals surface area contributed by atoms with Crippen molar-refractivity contribution in [3.05, 3.63) is 30.3 Å². The number of nitrogens with zero attached hydrogens (tertiary/aromatic N) is 1. The summed E-state index contributed by atoms with van der Waals surface area (Å²) in [5, 5.41) is 2.18. The van der Waals surface area contributed by atoms with Gasteiger partial charge in [0.2, 0.25) is 11.8 Å². The van der Waals surface area contributed by atoms with E-state index in [-0.39, 0.29) is 19.1 Å². The van der Waals surface area contributed by atoms with Crippen LogP contribution in [0.15, 0.2) is 30.3 Å². The summed E-state index contributed by atoms with van der Waals surface area (Å²) in [5.41, 5.74) is 0. The molecule has 0 spiro atoms. The standard InChI is InChI=1S/C13H14N2O4/c1-9-13(18)14-11(16)7-15(9)12(17)8-19-10-5-3-2-4-6-10/h2-6,9H,7-8H2,1H3,(H,14,16,18). The lowest BCUT2D eigenvalue weighted by Crippen LogP contribution is -2.59. The average molecular weight is 262 g/mol. The van der Waals surface area contributed by atoms with E-state index in [0.717, 1.165) is 0 Å².